The summed E-state index contributed by atoms with van der Waals surface area (Å²) in [5.74, 6) is 1.06. The van der Waals surface area contributed by atoms with Gasteiger partial charge < -0.3 is 24.7 Å². The van der Waals surface area contributed by atoms with Crippen molar-refractivity contribution in [3.05, 3.63) is 78.3 Å². The lowest BCUT2D eigenvalue weighted by molar-refractivity contribution is -0.886. The third-order valence-electron chi connectivity index (χ3n) is 4.30. The molecule has 3 aromatic rings. The fraction of sp³-hybridized carbons (Fsp3) is 0.182. The van der Waals surface area contributed by atoms with Crippen molar-refractivity contribution in [1.82, 2.24) is 0 Å². The molecule has 1 atom stereocenters. The summed E-state index contributed by atoms with van der Waals surface area (Å²) in [5.41, 5.74) is 1.71. The quantitative estimate of drug-likeness (QED) is 0.547. The molecule has 3 rings (SSSR count). The van der Waals surface area contributed by atoms with Gasteiger partial charge in [-0.15, -0.1) is 0 Å². The second-order valence-electron chi connectivity index (χ2n) is 6.67. The number of benzene rings is 2. The summed E-state index contributed by atoms with van der Waals surface area (Å²) >= 11 is 0. The van der Waals surface area contributed by atoms with Crippen LogP contribution in [0.25, 0.3) is 0 Å². The number of carbonyl (C=O) groups is 2. The Bertz CT molecular complexity index is 952. The van der Waals surface area contributed by atoms with Crippen molar-refractivity contribution in [3.63, 3.8) is 0 Å². The summed E-state index contributed by atoms with van der Waals surface area (Å²) < 4.78 is 10.5. The van der Waals surface area contributed by atoms with E-state index in [1.807, 2.05) is 31.3 Å². The maximum absolute atomic E-state index is 12.4. The Hall–Kier alpha value is -3.58. The number of nitrogens with one attached hydrogen (secondary N) is 3. The molecule has 0 radical (unpaired) electrons. The smallest absolute Gasteiger partial charge is 0.279 e. The van der Waals surface area contributed by atoms with Crippen LogP contribution in [-0.2, 0) is 11.3 Å². The normalized spacial score (nSPS) is 11.5. The van der Waals surface area contributed by atoms with Crippen LogP contribution in [0, 0.1) is 0 Å². The molecular weight excluding hydrogens is 370 g/mol. The summed E-state index contributed by atoms with van der Waals surface area (Å²) in [6, 6.07) is 17.7. The molecule has 0 aliphatic rings. The number of furan rings is 1. The van der Waals surface area contributed by atoms with E-state index in [2.05, 4.69) is 10.6 Å². The first-order valence-corrected chi connectivity index (χ1v) is 9.23. The van der Waals surface area contributed by atoms with Crippen LogP contribution < -0.4 is 20.3 Å². The highest BCUT2D eigenvalue weighted by atomic mass is 16.5. The number of rotatable bonds is 8. The van der Waals surface area contributed by atoms with Crippen molar-refractivity contribution in [2.45, 2.75) is 6.54 Å². The van der Waals surface area contributed by atoms with Gasteiger partial charge >= 0.3 is 0 Å². The van der Waals surface area contributed by atoms with Crippen molar-refractivity contribution >= 4 is 23.2 Å². The van der Waals surface area contributed by atoms with E-state index in [1.165, 1.54) is 0 Å². The Kier molecular flexibility index (Phi) is 6.65. The molecule has 2 amide bonds. The van der Waals surface area contributed by atoms with E-state index in [4.69, 9.17) is 9.15 Å². The maximum atomic E-state index is 12.4. The summed E-state index contributed by atoms with van der Waals surface area (Å²) in [4.78, 5) is 25.7. The van der Waals surface area contributed by atoms with Gasteiger partial charge in [0.2, 0.25) is 0 Å². The molecule has 3 N–H and O–H groups in total. The Morgan fingerprint density at radius 1 is 1.00 bits per heavy atom. The van der Waals surface area contributed by atoms with Gasteiger partial charge in [0.15, 0.2) is 12.3 Å². The van der Waals surface area contributed by atoms with Crippen LogP contribution in [0.3, 0.4) is 0 Å². The SMILES string of the molecule is COc1ccccc1NC(=O)c1ccc(NC(=O)C[NH+](C)Cc2ccco2)cc1. The lowest BCUT2D eigenvalue weighted by atomic mass is 10.2. The maximum Gasteiger partial charge on any atom is 0.279 e. The number of para-hydroxylation sites is 2. The third kappa shape index (κ3) is 5.70. The highest BCUT2D eigenvalue weighted by Gasteiger charge is 2.13. The Labute approximate surface area is 169 Å². The summed E-state index contributed by atoms with van der Waals surface area (Å²) in [6.45, 7) is 0.930. The predicted octanol–water partition coefficient (Wildman–Crippen LogP) is 2.19. The molecule has 0 spiro atoms. The standard InChI is InChI=1S/C22H23N3O4/c1-25(14-18-6-5-13-29-18)15-21(26)23-17-11-9-16(10-12-17)22(27)24-19-7-3-4-8-20(19)28-2/h3-13H,14-15H2,1-2H3,(H,23,26)(H,24,27)/p+1. The van der Waals surface area contributed by atoms with E-state index in [1.54, 1.807) is 49.8 Å². The van der Waals surface area contributed by atoms with Gasteiger partial charge in [-0.05, 0) is 48.5 Å². The Morgan fingerprint density at radius 3 is 2.45 bits per heavy atom. The van der Waals surface area contributed by atoms with Crippen LogP contribution in [0.1, 0.15) is 16.1 Å². The van der Waals surface area contributed by atoms with Gasteiger partial charge in [-0.25, -0.2) is 0 Å². The van der Waals surface area contributed by atoms with Gasteiger partial charge in [0.05, 0.1) is 26.1 Å². The van der Waals surface area contributed by atoms with E-state index >= 15 is 0 Å². The minimum Gasteiger partial charge on any atom is -0.495 e. The molecule has 0 fully saturated rings. The van der Waals surface area contributed by atoms with Crippen molar-refractivity contribution < 1.29 is 23.6 Å². The molecule has 0 saturated heterocycles. The molecule has 150 valence electrons. The van der Waals surface area contributed by atoms with Crippen LogP contribution in [0.5, 0.6) is 5.75 Å². The molecule has 1 unspecified atom stereocenters. The average Bonchev–Trinajstić information content (AvgIpc) is 3.21. The highest BCUT2D eigenvalue weighted by molar-refractivity contribution is 6.05. The third-order valence-corrected chi connectivity index (χ3v) is 4.30. The molecule has 1 heterocycles. The minimum atomic E-state index is -0.255. The lowest BCUT2D eigenvalue weighted by Gasteiger charge is -2.13. The van der Waals surface area contributed by atoms with E-state index < -0.39 is 0 Å². The number of amides is 2. The van der Waals surface area contributed by atoms with Crippen LogP contribution in [-0.4, -0.2) is 32.5 Å². The summed E-state index contributed by atoms with van der Waals surface area (Å²) in [5, 5.41) is 5.67. The fourth-order valence-electron chi connectivity index (χ4n) is 2.90. The van der Waals surface area contributed by atoms with Crippen LogP contribution in [0.4, 0.5) is 11.4 Å². The molecule has 2 aromatic carbocycles. The number of likely N-dealkylation sites (N-methyl/N-ethyl adjacent to an activating group) is 1. The molecule has 0 saturated carbocycles. The zero-order valence-corrected chi connectivity index (χ0v) is 16.4. The first kappa shape index (κ1) is 20.2. The van der Waals surface area contributed by atoms with Crippen LogP contribution in [0.15, 0.2) is 71.3 Å². The largest absolute Gasteiger partial charge is 0.495 e. The van der Waals surface area contributed by atoms with Gasteiger partial charge in [-0.3, -0.25) is 9.59 Å². The van der Waals surface area contributed by atoms with Gasteiger partial charge in [0.25, 0.3) is 11.8 Å². The van der Waals surface area contributed by atoms with E-state index in [9.17, 15) is 9.59 Å². The molecular formula is C22H24N3O4+. The number of quaternary nitrogens is 1. The Balaban J connectivity index is 1.54. The number of hydrogen-bond acceptors (Lipinski definition) is 4. The number of hydrogen-bond donors (Lipinski definition) is 3. The van der Waals surface area contributed by atoms with Gasteiger partial charge in [0.1, 0.15) is 12.3 Å². The summed E-state index contributed by atoms with van der Waals surface area (Å²) in [6.07, 6.45) is 1.62. The lowest BCUT2D eigenvalue weighted by Crippen LogP contribution is -3.08. The molecule has 7 heteroatoms. The number of carbonyl (C=O) groups excluding carboxylic acids is 2. The van der Waals surface area contributed by atoms with Crippen molar-refractivity contribution in [3.8, 4) is 5.75 Å². The van der Waals surface area contributed by atoms with E-state index in [0.29, 0.717) is 35.8 Å². The number of methoxy groups -OCH3 is 1. The zero-order chi connectivity index (χ0) is 20.6. The van der Waals surface area contributed by atoms with Crippen molar-refractivity contribution in [2.24, 2.45) is 0 Å². The fourth-order valence-corrected chi connectivity index (χ4v) is 2.90. The van der Waals surface area contributed by atoms with Gasteiger partial charge in [-0.1, -0.05) is 12.1 Å². The first-order chi connectivity index (χ1) is 14.0. The van der Waals surface area contributed by atoms with Crippen LogP contribution in [0.2, 0.25) is 0 Å². The average molecular weight is 394 g/mol. The number of anilines is 2. The van der Waals surface area contributed by atoms with Gasteiger partial charge in [0, 0.05) is 11.3 Å². The molecule has 1 aromatic heterocycles. The predicted molar refractivity (Wildman–Crippen MR) is 110 cm³/mol. The van der Waals surface area contributed by atoms with Crippen molar-refractivity contribution in [1.29, 1.82) is 0 Å². The van der Waals surface area contributed by atoms with Gasteiger partial charge in [-0.2, -0.15) is 0 Å². The summed E-state index contributed by atoms with van der Waals surface area (Å²) in [7, 11) is 3.48. The van der Waals surface area contributed by atoms with Crippen molar-refractivity contribution in [2.75, 3.05) is 31.3 Å². The highest BCUT2D eigenvalue weighted by Crippen LogP contribution is 2.23. The second kappa shape index (κ2) is 9.57. The molecule has 0 aliphatic carbocycles. The van der Waals surface area contributed by atoms with Crippen LogP contribution >= 0.6 is 0 Å². The molecule has 0 bridgehead atoms. The molecule has 29 heavy (non-hydrogen) atoms. The zero-order valence-electron chi connectivity index (χ0n) is 16.4. The second-order valence-corrected chi connectivity index (χ2v) is 6.67. The monoisotopic (exact) mass is 394 g/mol. The molecule has 7 nitrogen and oxygen atoms in total. The Morgan fingerprint density at radius 2 is 1.76 bits per heavy atom. The first-order valence-electron chi connectivity index (χ1n) is 9.23. The molecule has 0 aliphatic heterocycles. The number of ether oxygens (including phenoxy) is 1. The minimum absolute atomic E-state index is 0.111. The van der Waals surface area contributed by atoms with E-state index in [0.717, 1.165) is 10.7 Å². The van der Waals surface area contributed by atoms with E-state index in [-0.39, 0.29) is 11.8 Å². The topological polar surface area (TPSA) is 85.0 Å².